The van der Waals surface area contributed by atoms with Gasteiger partial charge >= 0.3 is 17.9 Å². The molecule has 0 N–H and O–H groups in total. The fourth-order valence-electron chi connectivity index (χ4n) is 5.32. The number of esters is 2. The first-order valence-corrected chi connectivity index (χ1v) is 14.6. The summed E-state index contributed by atoms with van der Waals surface area (Å²) in [7, 11) is 0. The van der Waals surface area contributed by atoms with Crippen molar-refractivity contribution in [3.8, 4) is 0 Å². The largest absolute Gasteiger partial charge is 0.465 e. The first-order chi connectivity index (χ1) is 19.5. The Kier molecular flexibility index (Phi) is 7.80. The molecule has 3 fully saturated rings. The van der Waals surface area contributed by atoms with Crippen LogP contribution in [0.1, 0.15) is 83.2 Å². The number of nitrogens with zero attached hydrogens (tertiary/aromatic N) is 4. The molecule has 3 heterocycles. The molecule has 2 aromatic heterocycles. The summed E-state index contributed by atoms with van der Waals surface area (Å²) in [6, 6.07) is 7.40. The first-order valence-electron chi connectivity index (χ1n) is 14.6. The Morgan fingerprint density at radius 3 is 1.85 bits per heavy atom. The molecule has 1 saturated heterocycles. The Hall–Kier alpha value is -3.53. The number of carbonyl (C=O) groups is 3. The Balaban J connectivity index is 1.37. The fraction of sp³-hybridized carbons (Fsp3) is 0.581. The number of hydrogen-bond donors (Lipinski definition) is 0. The molecule has 1 unspecified atom stereocenters. The van der Waals surface area contributed by atoms with Gasteiger partial charge in [-0.25, -0.2) is 9.78 Å². The van der Waals surface area contributed by atoms with E-state index in [1.807, 2.05) is 58.9 Å². The van der Waals surface area contributed by atoms with Gasteiger partial charge in [0.05, 0.1) is 41.7 Å². The number of piperazine rings is 1. The smallest absolute Gasteiger partial charge is 0.330 e. The lowest BCUT2D eigenvalue weighted by Crippen LogP contribution is -2.50. The van der Waals surface area contributed by atoms with Crippen LogP contribution in [-0.2, 0) is 39.5 Å². The number of anilines is 1. The van der Waals surface area contributed by atoms with Crippen LogP contribution in [0.4, 0.5) is 5.82 Å². The highest BCUT2D eigenvalue weighted by Crippen LogP contribution is 2.50. The maximum atomic E-state index is 12.8. The van der Waals surface area contributed by atoms with Gasteiger partial charge in [0.2, 0.25) is 0 Å². The van der Waals surface area contributed by atoms with E-state index in [9.17, 15) is 14.4 Å². The second-order valence-electron chi connectivity index (χ2n) is 12.2. The van der Waals surface area contributed by atoms with Crippen LogP contribution in [0.25, 0.3) is 0 Å². The standard InChI is InChI=1S/C31H40N4O6/c1-6-39-27(37)30(12-13-30)21-8-10-23(32-18-21)24-20-34(16-17-35(24)41-26(36)29(3,4)5)25-11-9-22(19-33-25)31(14-15-31)28(38)40-7-2/h8-11,18-19,24H,6-7,12-17,20H2,1-5H3. The van der Waals surface area contributed by atoms with Crippen LogP contribution in [0.5, 0.6) is 0 Å². The molecule has 5 rings (SSSR count). The molecule has 10 nitrogen and oxygen atoms in total. The topological polar surface area (TPSA) is 111 Å². The molecule has 2 saturated carbocycles. The van der Waals surface area contributed by atoms with E-state index in [1.54, 1.807) is 17.5 Å². The highest BCUT2D eigenvalue weighted by atomic mass is 16.7. The van der Waals surface area contributed by atoms with Crippen LogP contribution in [0, 0.1) is 5.41 Å². The molecule has 1 aliphatic heterocycles. The minimum Gasteiger partial charge on any atom is -0.465 e. The molecule has 0 aromatic carbocycles. The fourth-order valence-corrected chi connectivity index (χ4v) is 5.32. The Labute approximate surface area is 241 Å². The van der Waals surface area contributed by atoms with Crippen molar-refractivity contribution in [2.75, 3.05) is 37.7 Å². The van der Waals surface area contributed by atoms with E-state index in [0.717, 1.165) is 48.3 Å². The maximum Gasteiger partial charge on any atom is 0.330 e. The number of hydrogen-bond acceptors (Lipinski definition) is 10. The van der Waals surface area contributed by atoms with Crippen LogP contribution in [0.15, 0.2) is 36.7 Å². The quantitative estimate of drug-likeness (QED) is 0.414. The molecule has 0 bridgehead atoms. The number of rotatable bonds is 9. The molecule has 220 valence electrons. The van der Waals surface area contributed by atoms with Gasteiger partial charge in [-0.15, -0.1) is 5.06 Å². The minimum atomic E-state index is -0.661. The van der Waals surface area contributed by atoms with Gasteiger partial charge in [-0.1, -0.05) is 12.1 Å². The zero-order chi connectivity index (χ0) is 29.4. The van der Waals surface area contributed by atoms with E-state index in [1.165, 1.54) is 0 Å². The van der Waals surface area contributed by atoms with Crippen LogP contribution in [0.2, 0.25) is 0 Å². The van der Waals surface area contributed by atoms with E-state index in [0.29, 0.717) is 32.8 Å². The number of hydroxylamine groups is 2. The summed E-state index contributed by atoms with van der Waals surface area (Å²) in [4.78, 5) is 55.4. The van der Waals surface area contributed by atoms with E-state index in [2.05, 4.69) is 4.90 Å². The van der Waals surface area contributed by atoms with Crippen molar-refractivity contribution in [3.63, 3.8) is 0 Å². The monoisotopic (exact) mass is 564 g/mol. The van der Waals surface area contributed by atoms with Crippen molar-refractivity contribution in [2.45, 2.75) is 77.2 Å². The lowest BCUT2D eigenvalue weighted by molar-refractivity contribution is -0.214. The summed E-state index contributed by atoms with van der Waals surface area (Å²) in [6.07, 6.45) is 6.56. The SMILES string of the molecule is CCOC(=O)C1(c2ccc(C3CN(c4ccc(C5(C(=O)OCC)CC5)cn4)CCN3OC(=O)C(C)(C)C)nc2)CC1. The second-order valence-corrected chi connectivity index (χ2v) is 12.2. The molecule has 41 heavy (non-hydrogen) atoms. The molecule has 2 aliphatic carbocycles. The van der Waals surface area contributed by atoms with Crippen molar-refractivity contribution in [2.24, 2.45) is 5.41 Å². The predicted molar refractivity (Wildman–Crippen MR) is 151 cm³/mol. The molecule has 0 amide bonds. The minimum absolute atomic E-state index is 0.186. The number of ether oxygens (including phenoxy) is 2. The normalized spacial score (nSPS) is 21.1. The highest BCUT2D eigenvalue weighted by Gasteiger charge is 2.54. The van der Waals surface area contributed by atoms with E-state index >= 15 is 0 Å². The molecule has 0 radical (unpaired) electrons. The molecule has 3 aliphatic rings. The molecule has 2 aromatic rings. The van der Waals surface area contributed by atoms with Gasteiger partial charge in [0.1, 0.15) is 11.9 Å². The average molecular weight is 565 g/mol. The predicted octanol–water partition coefficient (Wildman–Crippen LogP) is 4.03. The molecular formula is C31H40N4O6. The third-order valence-electron chi connectivity index (χ3n) is 8.28. The van der Waals surface area contributed by atoms with Gasteiger partial charge in [0.15, 0.2) is 0 Å². The van der Waals surface area contributed by atoms with Crippen LogP contribution in [-0.4, -0.2) is 65.8 Å². The van der Waals surface area contributed by atoms with Gasteiger partial charge in [-0.3, -0.25) is 14.6 Å². The van der Waals surface area contributed by atoms with Crippen LogP contribution in [0.3, 0.4) is 0 Å². The van der Waals surface area contributed by atoms with Crippen molar-refractivity contribution in [3.05, 3.63) is 53.5 Å². The summed E-state index contributed by atoms with van der Waals surface area (Å²) < 4.78 is 10.6. The van der Waals surface area contributed by atoms with Gasteiger partial charge in [-0.2, -0.15) is 0 Å². The zero-order valence-corrected chi connectivity index (χ0v) is 24.6. The molecule has 0 spiro atoms. The van der Waals surface area contributed by atoms with Crippen molar-refractivity contribution < 1.29 is 28.7 Å². The first kappa shape index (κ1) is 29.0. The van der Waals surface area contributed by atoms with Gasteiger partial charge in [0.25, 0.3) is 0 Å². The third-order valence-corrected chi connectivity index (χ3v) is 8.28. The molecular weight excluding hydrogens is 524 g/mol. The second kappa shape index (κ2) is 11.0. The van der Waals surface area contributed by atoms with Gasteiger partial charge in [0, 0.05) is 25.5 Å². The average Bonchev–Trinajstić information content (AvgIpc) is 3.88. The number of carbonyl (C=O) groups excluding carboxylic acids is 3. The Bertz CT molecular complexity index is 1280. The van der Waals surface area contributed by atoms with Crippen molar-refractivity contribution in [1.82, 2.24) is 15.0 Å². The van der Waals surface area contributed by atoms with Crippen molar-refractivity contribution >= 4 is 23.7 Å². The van der Waals surface area contributed by atoms with Crippen LogP contribution >= 0.6 is 0 Å². The Morgan fingerprint density at radius 1 is 0.854 bits per heavy atom. The summed E-state index contributed by atoms with van der Waals surface area (Å²) in [5.41, 5.74) is 0.618. The van der Waals surface area contributed by atoms with Crippen molar-refractivity contribution in [1.29, 1.82) is 0 Å². The Morgan fingerprint density at radius 2 is 1.41 bits per heavy atom. The van der Waals surface area contributed by atoms with E-state index in [-0.39, 0.29) is 23.9 Å². The van der Waals surface area contributed by atoms with Gasteiger partial charge < -0.3 is 19.2 Å². The molecule has 1 atom stereocenters. The summed E-state index contributed by atoms with van der Waals surface area (Å²) in [6.45, 7) is 11.3. The van der Waals surface area contributed by atoms with E-state index in [4.69, 9.17) is 24.3 Å². The van der Waals surface area contributed by atoms with Crippen LogP contribution < -0.4 is 4.90 Å². The summed E-state index contributed by atoms with van der Waals surface area (Å²) in [5.74, 6) is 0.0676. The number of aromatic nitrogens is 2. The third kappa shape index (κ3) is 5.66. The summed E-state index contributed by atoms with van der Waals surface area (Å²) >= 11 is 0. The molecule has 10 heteroatoms. The maximum absolute atomic E-state index is 12.8. The highest BCUT2D eigenvalue weighted by molar-refractivity contribution is 5.87. The zero-order valence-electron chi connectivity index (χ0n) is 24.6. The lowest BCUT2D eigenvalue weighted by Gasteiger charge is -2.40. The summed E-state index contributed by atoms with van der Waals surface area (Å²) in [5, 5.41) is 1.71. The lowest BCUT2D eigenvalue weighted by atomic mass is 9.96. The van der Waals surface area contributed by atoms with E-state index < -0.39 is 16.2 Å². The van der Waals surface area contributed by atoms with Gasteiger partial charge in [-0.05, 0) is 83.6 Å². The number of pyridine rings is 2.